The van der Waals surface area contributed by atoms with Crippen molar-refractivity contribution in [1.29, 1.82) is 0 Å². The van der Waals surface area contributed by atoms with E-state index in [0.29, 0.717) is 27.1 Å². The van der Waals surface area contributed by atoms with E-state index in [1.165, 1.54) is 13.2 Å². The van der Waals surface area contributed by atoms with Crippen LogP contribution in [0.3, 0.4) is 0 Å². The molecule has 0 atom stereocenters. The molecule has 0 aliphatic carbocycles. The number of hydrogen-bond acceptors (Lipinski definition) is 4. The Balaban J connectivity index is 1.46. The summed E-state index contributed by atoms with van der Waals surface area (Å²) in [5.41, 5.74) is 3.91. The molecular formula is C29H21BrO4. The van der Waals surface area contributed by atoms with Gasteiger partial charge in [-0.25, -0.2) is 4.79 Å². The summed E-state index contributed by atoms with van der Waals surface area (Å²) in [6, 6.07) is 29.7. The normalized spacial score (nSPS) is 10.8. The fourth-order valence-electron chi connectivity index (χ4n) is 3.38. The van der Waals surface area contributed by atoms with E-state index in [4.69, 9.17) is 9.47 Å². The van der Waals surface area contributed by atoms with Gasteiger partial charge in [0.2, 0.25) is 0 Å². The number of carbonyl (C=O) groups is 2. The standard InChI is InChI=1S/C29H21BrO4/c1-33-28-19-20(12-18-27(28)34-29(32)24-9-5-6-10-25(24)30)11-17-26(31)23-15-13-22(14-16-23)21-7-3-2-4-8-21/h2-19H,1H3/b17-11+. The molecule has 0 aliphatic rings. The van der Waals surface area contributed by atoms with Gasteiger partial charge in [-0.15, -0.1) is 0 Å². The van der Waals surface area contributed by atoms with Crippen molar-refractivity contribution in [2.45, 2.75) is 0 Å². The molecule has 5 heteroatoms. The summed E-state index contributed by atoms with van der Waals surface area (Å²) < 4.78 is 11.6. The van der Waals surface area contributed by atoms with Gasteiger partial charge in [-0.1, -0.05) is 78.9 Å². The van der Waals surface area contributed by atoms with Crippen molar-refractivity contribution in [1.82, 2.24) is 0 Å². The van der Waals surface area contributed by atoms with Gasteiger partial charge in [0, 0.05) is 10.0 Å². The molecule has 4 rings (SSSR count). The largest absolute Gasteiger partial charge is 0.493 e. The second kappa shape index (κ2) is 10.8. The first kappa shape index (κ1) is 23.2. The maximum absolute atomic E-state index is 12.6. The Hall–Kier alpha value is -3.96. The third-order valence-electron chi connectivity index (χ3n) is 5.19. The van der Waals surface area contributed by atoms with Crippen LogP contribution in [0.2, 0.25) is 0 Å². The fraction of sp³-hybridized carbons (Fsp3) is 0.0345. The predicted molar refractivity (Wildman–Crippen MR) is 137 cm³/mol. The first-order valence-electron chi connectivity index (χ1n) is 10.6. The second-order valence-electron chi connectivity index (χ2n) is 7.42. The van der Waals surface area contributed by atoms with Crippen molar-refractivity contribution in [3.8, 4) is 22.6 Å². The molecule has 168 valence electrons. The van der Waals surface area contributed by atoms with Crippen molar-refractivity contribution in [2.24, 2.45) is 0 Å². The third-order valence-corrected chi connectivity index (χ3v) is 5.88. The number of ketones is 1. The number of rotatable bonds is 7. The minimum atomic E-state index is -0.497. The monoisotopic (exact) mass is 512 g/mol. The molecule has 0 aromatic heterocycles. The second-order valence-corrected chi connectivity index (χ2v) is 8.27. The molecule has 0 amide bonds. The zero-order valence-corrected chi connectivity index (χ0v) is 20.0. The molecule has 0 aliphatic heterocycles. The molecule has 4 aromatic rings. The van der Waals surface area contributed by atoms with Crippen LogP contribution in [-0.4, -0.2) is 18.9 Å². The van der Waals surface area contributed by atoms with Crippen LogP contribution in [0.15, 0.2) is 108 Å². The van der Waals surface area contributed by atoms with E-state index in [-0.39, 0.29) is 5.78 Å². The molecule has 0 saturated carbocycles. The summed E-state index contributed by atoms with van der Waals surface area (Å²) in [5, 5.41) is 0. The quantitative estimate of drug-likeness (QED) is 0.113. The van der Waals surface area contributed by atoms with E-state index in [0.717, 1.165) is 16.7 Å². The molecule has 4 nitrogen and oxygen atoms in total. The molecule has 0 unspecified atom stereocenters. The molecule has 0 saturated heterocycles. The van der Waals surface area contributed by atoms with E-state index in [1.54, 1.807) is 42.5 Å². The number of hydrogen-bond donors (Lipinski definition) is 0. The van der Waals surface area contributed by atoms with Crippen molar-refractivity contribution < 1.29 is 19.1 Å². The van der Waals surface area contributed by atoms with Gasteiger partial charge in [0.25, 0.3) is 0 Å². The summed E-state index contributed by atoms with van der Waals surface area (Å²) >= 11 is 3.35. The van der Waals surface area contributed by atoms with Crippen LogP contribution < -0.4 is 9.47 Å². The highest BCUT2D eigenvalue weighted by Crippen LogP contribution is 2.30. The van der Waals surface area contributed by atoms with Gasteiger partial charge in [0.15, 0.2) is 17.3 Å². The lowest BCUT2D eigenvalue weighted by Crippen LogP contribution is -2.10. The molecule has 34 heavy (non-hydrogen) atoms. The summed E-state index contributed by atoms with van der Waals surface area (Å²) in [6.07, 6.45) is 3.22. The SMILES string of the molecule is COc1cc(/C=C/C(=O)c2ccc(-c3ccccc3)cc2)ccc1OC(=O)c1ccccc1Br. The van der Waals surface area contributed by atoms with Crippen LogP contribution in [0, 0.1) is 0 Å². The predicted octanol–water partition coefficient (Wildman–Crippen LogP) is 7.24. The number of methoxy groups -OCH3 is 1. The van der Waals surface area contributed by atoms with Crippen molar-refractivity contribution in [3.05, 3.63) is 124 Å². The van der Waals surface area contributed by atoms with Crippen molar-refractivity contribution >= 4 is 33.8 Å². The van der Waals surface area contributed by atoms with Crippen LogP contribution >= 0.6 is 15.9 Å². The average molecular weight is 513 g/mol. The topological polar surface area (TPSA) is 52.6 Å². The number of ether oxygens (including phenoxy) is 2. The molecule has 0 radical (unpaired) electrons. The number of allylic oxidation sites excluding steroid dienone is 1. The van der Waals surface area contributed by atoms with Crippen LogP contribution in [0.25, 0.3) is 17.2 Å². The lowest BCUT2D eigenvalue weighted by atomic mass is 10.0. The van der Waals surface area contributed by atoms with Gasteiger partial charge < -0.3 is 9.47 Å². The van der Waals surface area contributed by atoms with Crippen LogP contribution in [0.1, 0.15) is 26.3 Å². The van der Waals surface area contributed by atoms with Crippen LogP contribution in [0.4, 0.5) is 0 Å². The highest BCUT2D eigenvalue weighted by atomic mass is 79.9. The van der Waals surface area contributed by atoms with Crippen LogP contribution in [0.5, 0.6) is 11.5 Å². The van der Waals surface area contributed by atoms with E-state index in [2.05, 4.69) is 15.9 Å². The zero-order valence-electron chi connectivity index (χ0n) is 18.4. The maximum Gasteiger partial charge on any atom is 0.344 e. The van der Waals surface area contributed by atoms with Gasteiger partial charge in [-0.05, 0) is 63.0 Å². The fourth-order valence-corrected chi connectivity index (χ4v) is 3.83. The highest BCUT2D eigenvalue weighted by molar-refractivity contribution is 9.10. The Labute approximate surface area is 206 Å². The molecule has 0 fully saturated rings. The molecule has 0 bridgehead atoms. The third kappa shape index (κ3) is 5.50. The first-order valence-corrected chi connectivity index (χ1v) is 11.4. The average Bonchev–Trinajstić information content (AvgIpc) is 2.88. The number of carbonyl (C=O) groups excluding carboxylic acids is 2. The molecule has 0 N–H and O–H groups in total. The minimum absolute atomic E-state index is 0.108. The van der Waals surface area contributed by atoms with Gasteiger partial charge in [0.1, 0.15) is 0 Å². The summed E-state index contributed by atoms with van der Waals surface area (Å²) in [7, 11) is 1.50. The zero-order chi connectivity index (χ0) is 23.9. The summed E-state index contributed by atoms with van der Waals surface area (Å²) in [5.74, 6) is 0.0802. The summed E-state index contributed by atoms with van der Waals surface area (Å²) in [4.78, 5) is 25.1. The van der Waals surface area contributed by atoms with Gasteiger partial charge in [-0.3, -0.25) is 4.79 Å². The first-order chi connectivity index (χ1) is 16.5. The Morgan fingerprint density at radius 2 is 1.44 bits per heavy atom. The molecule has 4 aromatic carbocycles. The number of halogens is 1. The van der Waals surface area contributed by atoms with Crippen molar-refractivity contribution in [3.63, 3.8) is 0 Å². The van der Waals surface area contributed by atoms with E-state index in [9.17, 15) is 9.59 Å². The van der Waals surface area contributed by atoms with Gasteiger partial charge in [-0.2, -0.15) is 0 Å². The van der Waals surface area contributed by atoms with Gasteiger partial charge >= 0.3 is 5.97 Å². The van der Waals surface area contributed by atoms with E-state index in [1.807, 2.05) is 60.7 Å². The molecular weight excluding hydrogens is 492 g/mol. The van der Waals surface area contributed by atoms with E-state index >= 15 is 0 Å². The highest BCUT2D eigenvalue weighted by Gasteiger charge is 2.15. The lowest BCUT2D eigenvalue weighted by Gasteiger charge is -2.10. The maximum atomic E-state index is 12.6. The molecule has 0 heterocycles. The molecule has 0 spiro atoms. The lowest BCUT2D eigenvalue weighted by molar-refractivity contribution is 0.0728. The Morgan fingerprint density at radius 1 is 0.765 bits per heavy atom. The number of benzene rings is 4. The van der Waals surface area contributed by atoms with Crippen LogP contribution in [-0.2, 0) is 0 Å². The minimum Gasteiger partial charge on any atom is -0.493 e. The Morgan fingerprint density at radius 3 is 2.15 bits per heavy atom. The summed E-state index contributed by atoms with van der Waals surface area (Å²) in [6.45, 7) is 0. The Bertz CT molecular complexity index is 1340. The Kier molecular flexibility index (Phi) is 7.35. The smallest absolute Gasteiger partial charge is 0.344 e. The van der Waals surface area contributed by atoms with Crippen molar-refractivity contribution in [2.75, 3.05) is 7.11 Å². The van der Waals surface area contributed by atoms with Gasteiger partial charge in [0.05, 0.1) is 12.7 Å². The number of esters is 1. The van der Waals surface area contributed by atoms with E-state index < -0.39 is 5.97 Å².